The normalized spacial score (nSPS) is 18.5. The molecule has 1 rings (SSSR count). The van der Waals surface area contributed by atoms with Gasteiger partial charge >= 0.3 is 6.09 Å². The Kier molecular flexibility index (Phi) is 6.25. The summed E-state index contributed by atoms with van der Waals surface area (Å²) < 4.78 is 0. The number of unbranched alkanes of at least 4 members (excludes halogenated alkanes) is 3. The van der Waals surface area contributed by atoms with Gasteiger partial charge in [0, 0.05) is 13.1 Å². The zero-order chi connectivity index (χ0) is 13.4. The highest BCUT2D eigenvalue weighted by molar-refractivity contribution is 5.90. The highest BCUT2D eigenvalue weighted by Gasteiger charge is 2.35. The van der Waals surface area contributed by atoms with Gasteiger partial charge < -0.3 is 10.4 Å². The molecule has 0 aromatic heterocycles. The number of nitrogens with zero attached hydrogens (tertiary/aromatic N) is 1. The minimum absolute atomic E-state index is 0.190. The Morgan fingerprint density at radius 1 is 1.44 bits per heavy atom. The van der Waals surface area contributed by atoms with E-state index in [1.165, 1.54) is 24.2 Å². The predicted octanol–water partition coefficient (Wildman–Crippen LogP) is 1.99. The lowest BCUT2D eigenvalue weighted by atomic mass is 10.1. The monoisotopic (exact) mass is 254 g/mol. The van der Waals surface area contributed by atoms with Crippen LogP contribution in [0.3, 0.4) is 0 Å². The number of carboxylic acid groups (broad SMARTS) is 1. The topological polar surface area (TPSA) is 69.6 Å². The van der Waals surface area contributed by atoms with E-state index in [1.807, 2.05) is 6.08 Å². The van der Waals surface area contributed by atoms with Crippen molar-refractivity contribution in [2.45, 2.75) is 45.1 Å². The molecule has 0 saturated carbocycles. The number of rotatable bonds is 8. The second-order valence-corrected chi connectivity index (χ2v) is 4.49. The minimum atomic E-state index is -1.02. The van der Waals surface area contributed by atoms with Crippen molar-refractivity contribution < 1.29 is 14.7 Å². The largest absolute Gasteiger partial charge is 0.465 e. The van der Waals surface area contributed by atoms with Crippen molar-refractivity contribution in [3.63, 3.8) is 0 Å². The summed E-state index contributed by atoms with van der Waals surface area (Å²) in [6, 6.07) is -0.490. The molecule has 5 heteroatoms. The fourth-order valence-electron chi connectivity index (χ4n) is 1.87. The fraction of sp³-hybridized carbons (Fsp3) is 0.692. The van der Waals surface area contributed by atoms with Gasteiger partial charge in [0.1, 0.15) is 6.04 Å². The van der Waals surface area contributed by atoms with Crippen LogP contribution in [0.25, 0.3) is 0 Å². The molecule has 0 spiro atoms. The van der Waals surface area contributed by atoms with Crippen molar-refractivity contribution in [3.8, 4) is 0 Å². The Morgan fingerprint density at radius 2 is 2.17 bits per heavy atom. The Morgan fingerprint density at radius 3 is 2.67 bits per heavy atom. The predicted molar refractivity (Wildman–Crippen MR) is 69.4 cm³/mol. The third-order valence-corrected chi connectivity index (χ3v) is 3.07. The quantitative estimate of drug-likeness (QED) is 0.395. The highest BCUT2D eigenvalue weighted by atomic mass is 16.4. The van der Waals surface area contributed by atoms with Crippen molar-refractivity contribution in [1.82, 2.24) is 10.2 Å². The molecule has 0 aliphatic carbocycles. The van der Waals surface area contributed by atoms with Gasteiger partial charge in [0.25, 0.3) is 0 Å². The number of allylic oxidation sites excluding steroid dienone is 1. The van der Waals surface area contributed by atoms with Crippen LogP contribution in [-0.2, 0) is 4.79 Å². The van der Waals surface area contributed by atoms with E-state index < -0.39 is 12.1 Å². The van der Waals surface area contributed by atoms with Crippen LogP contribution in [0.5, 0.6) is 0 Å². The first kappa shape index (κ1) is 14.5. The number of nitrogens with one attached hydrogen (secondary N) is 1. The van der Waals surface area contributed by atoms with E-state index in [1.54, 1.807) is 0 Å². The molecule has 1 heterocycles. The molecule has 1 atom stereocenters. The first-order valence-electron chi connectivity index (χ1n) is 6.59. The van der Waals surface area contributed by atoms with Crippen LogP contribution in [-0.4, -0.2) is 41.1 Å². The first-order chi connectivity index (χ1) is 8.66. The molecule has 0 bridgehead atoms. The fourth-order valence-corrected chi connectivity index (χ4v) is 1.87. The standard InChI is InChI=1S/C13H22N2O3/c1-2-3-4-5-6-7-8-9-15(13(17)18)11-10-14-12(11)16/h6-7,11H,2-5,8-10H2,1H3,(H,14,16)(H,17,18)/b7-6-/t11-/m0/s1. The van der Waals surface area contributed by atoms with Gasteiger partial charge in [-0.15, -0.1) is 0 Å². The van der Waals surface area contributed by atoms with Crippen LogP contribution in [0.1, 0.15) is 39.0 Å². The van der Waals surface area contributed by atoms with Gasteiger partial charge in [-0.05, 0) is 19.3 Å². The summed E-state index contributed by atoms with van der Waals surface area (Å²) in [5, 5.41) is 11.6. The smallest absolute Gasteiger partial charge is 0.408 e. The molecule has 2 N–H and O–H groups in total. The molecular weight excluding hydrogens is 232 g/mol. The van der Waals surface area contributed by atoms with E-state index >= 15 is 0 Å². The SMILES string of the molecule is CCCCC/C=C\CCN(C(=O)O)[C@H]1CNC1=O. The average molecular weight is 254 g/mol. The van der Waals surface area contributed by atoms with Gasteiger partial charge in [-0.2, -0.15) is 0 Å². The summed E-state index contributed by atoms with van der Waals surface area (Å²) in [5.41, 5.74) is 0. The summed E-state index contributed by atoms with van der Waals surface area (Å²) in [6.07, 6.45) is 8.41. The van der Waals surface area contributed by atoms with Gasteiger partial charge in [-0.1, -0.05) is 31.9 Å². The zero-order valence-corrected chi connectivity index (χ0v) is 10.9. The maximum absolute atomic E-state index is 11.1. The Hall–Kier alpha value is -1.52. The van der Waals surface area contributed by atoms with Crippen LogP contribution in [0.4, 0.5) is 4.79 Å². The summed E-state index contributed by atoms with van der Waals surface area (Å²) in [6.45, 7) is 2.99. The van der Waals surface area contributed by atoms with Gasteiger partial charge in [0.15, 0.2) is 0 Å². The molecular formula is C13H22N2O3. The van der Waals surface area contributed by atoms with E-state index in [0.29, 0.717) is 19.5 Å². The van der Waals surface area contributed by atoms with Gasteiger partial charge in [0.2, 0.25) is 5.91 Å². The lowest BCUT2D eigenvalue weighted by Crippen LogP contribution is -2.63. The summed E-state index contributed by atoms with van der Waals surface area (Å²) in [4.78, 5) is 23.4. The average Bonchev–Trinajstić information content (AvgIpc) is 2.34. The lowest BCUT2D eigenvalue weighted by Gasteiger charge is -2.34. The number of carbonyl (C=O) groups excluding carboxylic acids is 1. The van der Waals surface area contributed by atoms with E-state index in [2.05, 4.69) is 18.3 Å². The molecule has 1 aliphatic heterocycles. The zero-order valence-electron chi connectivity index (χ0n) is 10.9. The van der Waals surface area contributed by atoms with E-state index in [9.17, 15) is 9.59 Å². The number of hydrogen-bond acceptors (Lipinski definition) is 2. The molecule has 5 nitrogen and oxygen atoms in total. The number of amides is 2. The Bertz CT molecular complexity index is 315. The van der Waals surface area contributed by atoms with E-state index in [4.69, 9.17) is 5.11 Å². The molecule has 1 saturated heterocycles. The van der Waals surface area contributed by atoms with Crippen molar-refractivity contribution in [2.24, 2.45) is 0 Å². The van der Waals surface area contributed by atoms with Gasteiger partial charge in [-0.25, -0.2) is 4.79 Å². The number of carbonyl (C=O) groups is 2. The summed E-state index contributed by atoms with van der Waals surface area (Å²) in [5.74, 6) is -0.190. The third kappa shape index (κ3) is 4.39. The highest BCUT2D eigenvalue weighted by Crippen LogP contribution is 2.08. The maximum atomic E-state index is 11.1. The molecule has 18 heavy (non-hydrogen) atoms. The second-order valence-electron chi connectivity index (χ2n) is 4.49. The van der Waals surface area contributed by atoms with Crippen LogP contribution in [0.15, 0.2) is 12.2 Å². The van der Waals surface area contributed by atoms with Crippen LogP contribution in [0.2, 0.25) is 0 Å². The molecule has 102 valence electrons. The number of β-lactam (4-membered cyclic amide) rings is 1. The molecule has 2 amide bonds. The molecule has 0 aromatic rings. The van der Waals surface area contributed by atoms with Crippen molar-refractivity contribution in [3.05, 3.63) is 12.2 Å². The van der Waals surface area contributed by atoms with E-state index in [0.717, 1.165) is 6.42 Å². The molecule has 0 radical (unpaired) electrons. The Labute approximate surface area is 108 Å². The van der Waals surface area contributed by atoms with E-state index in [-0.39, 0.29) is 5.91 Å². The molecule has 0 unspecified atom stereocenters. The van der Waals surface area contributed by atoms with Crippen molar-refractivity contribution in [1.29, 1.82) is 0 Å². The summed E-state index contributed by atoms with van der Waals surface area (Å²) >= 11 is 0. The molecule has 1 fully saturated rings. The lowest BCUT2D eigenvalue weighted by molar-refractivity contribution is -0.132. The maximum Gasteiger partial charge on any atom is 0.408 e. The van der Waals surface area contributed by atoms with Crippen molar-refractivity contribution in [2.75, 3.05) is 13.1 Å². The first-order valence-corrected chi connectivity index (χ1v) is 6.59. The van der Waals surface area contributed by atoms with Crippen molar-refractivity contribution >= 4 is 12.0 Å². The number of hydrogen-bond donors (Lipinski definition) is 2. The minimum Gasteiger partial charge on any atom is -0.465 e. The van der Waals surface area contributed by atoms with Crippen LogP contribution < -0.4 is 5.32 Å². The van der Waals surface area contributed by atoms with Gasteiger partial charge in [-0.3, -0.25) is 9.69 Å². The summed E-state index contributed by atoms with van der Waals surface area (Å²) in [7, 11) is 0. The van der Waals surface area contributed by atoms with Crippen LogP contribution >= 0.6 is 0 Å². The molecule has 1 aliphatic rings. The van der Waals surface area contributed by atoms with Crippen LogP contribution in [0, 0.1) is 0 Å². The molecule has 0 aromatic carbocycles. The Balaban J connectivity index is 2.22. The second kappa shape index (κ2) is 7.74. The van der Waals surface area contributed by atoms with Gasteiger partial charge in [0.05, 0.1) is 0 Å². The third-order valence-electron chi connectivity index (χ3n) is 3.07.